The summed E-state index contributed by atoms with van der Waals surface area (Å²) >= 11 is 0. The fraction of sp³-hybridized carbons (Fsp3) is 0.367. The molecule has 6 aromatic rings. The lowest BCUT2D eigenvalue weighted by Gasteiger charge is -2.34. The first-order valence-corrected chi connectivity index (χ1v) is 21.7. The van der Waals surface area contributed by atoms with Crippen molar-refractivity contribution in [2.24, 2.45) is 5.92 Å². The summed E-state index contributed by atoms with van der Waals surface area (Å²) in [6.07, 6.45) is 6.58. The Morgan fingerprint density at radius 3 is 1.82 bits per heavy atom. The predicted molar refractivity (Wildman–Crippen MR) is 238 cm³/mol. The quantitative estimate of drug-likeness (QED) is 0.106. The molecule has 8 rings (SSSR count). The van der Waals surface area contributed by atoms with Crippen LogP contribution in [0.5, 0.6) is 0 Å². The molecule has 0 radical (unpaired) electrons. The maximum atomic E-state index is 14.3. The highest BCUT2D eigenvalue weighted by Crippen LogP contribution is 2.37. The molecule has 2 aliphatic rings. The summed E-state index contributed by atoms with van der Waals surface area (Å²) in [6, 6.07) is 30.3. The van der Waals surface area contributed by atoms with E-state index in [9.17, 15) is 14.4 Å². The predicted octanol–water partition coefficient (Wildman–Crippen LogP) is 9.08. The van der Waals surface area contributed by atoms with Gasteiger partial charge in [0.05, 0.1) is 43.0 Å². The van der Waals surface area contributed by atoms with E-state index in [1.807, 2.05) is 54.2 Å². The third-order valence-electron chi connectivity index (χ3n) is 12.5. The standard InChI is InChI=1S/C49H56N8O4/c1-6-55(7-2)44(34-13-9-8-10-14-34)48(59)57-26-12-16-42(57)46-50-29-39(52-46)33-19-17-32(18-20-33)35-21-22-37-28-38(24-23-36(37)27-35)40-30-51-45(53-40)41-15-11-25-56(41)47(58)43(31(3)4)54-49(60)61-5/h8-10,13-14,17-24,27-31,41-44H,6-7,11-12,15-16,25-26H2,1-5H3,(H,50,52)(H,51,53)(H,54,60)/t41-,42?,43-,44?/m0/s1. The minimum absolute atomic E-state index is 0.0927. The van der Waals surface area contributed by atoms with Crippen LogP contribution in [0.2, 0.25) is 0 Å². The normalized spacial score (nSPS) is 17.6. The van der Waals surface area contributed by atoms with E-state index in [4.69, 9.17) is 14.7 Å². The van der Waals surface area contributed by atoms with E-state index in [0.29, 0.717) is 6.54 Å². The number of alkyl carbamates (subject to hydrolysis) is 1. The first kappa shape index (κ1) is 41.5. The van der Waals surface area contributed by atoms with Crippen LogP contribution in [0.4, 0.5) is 4.79 Å². The molecule has 4 atom stereocenters. The average Bonchev–Trinajstić information content (AvgIpc) is 4.14. The molecule has 12 heteroatoms. The minimum atomic E-state index is -0.681. The van der Waals surface area contributed by atoms with Crippen LogP contribution in [0.1, 0.15) is 88.7 Å². The molecule has 0 saturated carbocycles. The Bertz CT molecular complexity index is 2470. The molecule has 3 N–H and O–H groups in total. The summed E-state index contributed by atoms with van der Waals surface area (Å²) in [5, 5.41) is 4.95. The lowest BCUT2D eigenvalue weighted by atomic mass is 9.98. The molecule has 3 amide bonds. The Morgan fingerprint density at radius 2 is 1.25 bits per heavy atom. The molecule has 2 saturated heterocycles. The number of rotatable bonds is 13. The Morgan fingerprint density at radius 1 is 0.721 bits per heavy atom. The van der Waals surface area contributed by atoms with Gasteiger partial charge in [0.25, 0.3) is 0 Å². The van der Waals surface area contributed by atoms with E-state index in [0.717, 1.165) is 107 Å². The Balaban J connectivity index is 0.946. The van der Waals surface area contributed by atoms with Crippen LogP contribution in [0, 0.1) is 5.92 Å². The first-order valence-electron chi connectivity index (χ1n) is 21.7. The summed E-state index contributed by atoms with van der Waals surface area (Å²) < 4.78 is 4.78. The second kappa shape index (κ2) is 18.1. The van der Waals surface area contributed by atoms with Crippen molar-refractivity contribution in [3.8, 4) is 33.6 Å². The van der Waals surface area contributed by atoms with E-state index in [1.54, 1.807) is 0 Å². The maximum Gasteiger partial charge on any atom is 0.407 e. The minimum Gasteiger partial charge on any atom is -0.453 e. The van der Waals surface area contributed by atoms with Crippen LogP contribution in [-0.2, 0) is 14.3 Å². The van der Waals surface area contributed by atoms with E-state index in [1.165, 1.54) is 7.11 Å². The highest BCUT2D eigenvalue weighted by molar-refractivity contribution is 5.91. The molecule has 0 bridgehead atoms. The summed E-state index contributed by atoms with van der Waals surface area (Å²) in [5.74, 6) is 1.48. The third-order valence-corrected chi connectivity index (χ3v) is 12.5. The highest BCUT2D eigenvalue weighted by Gasteiger charge is 2.39. The van der Waals surface area contributed by atoms with E-state index < -0.39 is 12.1 Å². The summed E-state index contributed by atoms with van der Waals surface area (Å²) in [7, 11) is 1.30. The van der Waals surface area contributed by atoms with Crippen LogP contribution in [-0.4, -0.2) is 91.9 Å². The SMILES string of the molecule is CCN(CC)C(C(=O)N1CCCC1c1ncc(-c2ccc(-c3ccc4cc(-c5cnc([C@@H]6CCCN6C(=O)[C@@H](NC(=O)OC)C(C)C)[nH]5)ccc4c3)cc2)[nH]1)c1ccccc1. The lowest BCUT2D eigenvalue weighted by molar-refractivity contribution is -0.138. The largest absolute Gasteiger partial charge is 0.453 e. The van der Waals surface area contributed by atoms with E-state index in [2.05, 4.69) is 107 Å². The second-order valence-electron chi connectivity index (χ2n) is 16.5. The number of benzene rings is 4. The number of nitrogens with one attached hydrogen (secondary N) is 3. The molecule has 2 aromatic heterocycles. The molecule has 316 valence electrons. The number of imidazole rings is 2. The van der Waals surface area contributed by atoms with Crippen molar-refractivity contribution in [2.75, 3.05) is 33.3 Å². The number of ether oxygens (including phenoxy) is 1. The van der Waals surface area contributed by atoms with Crippen molar-refractivity contribution in [3.63, 3.8) is 0 Å². The van der Waals surface area contributed by atoms with E-state index >= 15 is 0 Å². The molecular formula is C49H56N8O4. The zero-order valence-corrected chi connectivity index (χ0v) is 35.7. The van der Waals surface area contributed by atoms with Gasteiger partial charge in [-0.3, -0.25) is 14.5 Å². The number of aromatic amines is 2. The Kier molecular flexibility index (Phi) is 12.3. The molecule has 4 heterocycles. The zero-order valence-electron chi connectivity index (χ0n) is 35.7. The van der Waals surface area contributed by atoms with Gasteiger partial charge in [-0.2, -0.15) is 0 Å². The fourth-order valence-electron chi connectivity index (χ4n) is 9.14. The van der Waals surface area contributed by atoms with Crippen molar-refractivity contribution in [1.82, 2.24) is 40.0 Å². The topological polar surface area (TPSA) is 140 Å². The van der Waals surface area contributed by atoms with E-state index in [-0.39, 0.29) is 35.9 Å². The number of nitrogens with zero attached hydrogens (tertiary/aromatic N) is 5. The average molecular weight is 821 g/mol. The molecule has 4 aromatic carbocycles. The van der Waals surface area contributed by atoms with Crippen LogP contribution < -0.4 is 5.32 Å². The second-order valence-corrected chi connectivity index (χ2v) is 16.5. The Hall–Kier alpha value is -6.27. The van der Waals surface area contributed by atoms with Crippen molar-refractivity contribution in [1.29, 1.82) is 0 Å². The number of hydrogen-bond acceptors (Lipinski definition) is 7. The number of methoxy groups -OCH3 is 1. The van der Waals surface area contributed by atoms with Gasteiger partial charge >= 0.3 is 6.09 Å². The van der Waals surface area contributed by atoms with Gasteiger partial charge in [0.15, 0.2) is 0 Å². The molecule has 2 fully saturated rings. The monoisotopic (exact) mass is 820 g/mol. The number of carbonyl (C=O) groups excluding carboxylic acids is 3. The molecular weight excluding hydrogens is 765 g/mol. The zero-order chi connectivity index (χ0) is 42.6. The molecule has 0 spiro atoms. The van der Waals surface area contributed by atoms with Crippen molar-refractivity contribution >= 4 is 28.7 Å². The summed E-state index contributed by atoms with van der Waals surface area (Å²) in [6.45, 7) is 11.0. The fourth-order valence-corrected chi connectivity index (χ4v) is 9.14. The first-order chi connectivity index (χ1) is 29.7. The number of carbonyl (C=O) groups is 3. The molecule has 2 aliphatic heterocycles. The molecule has 2 unspecified atom stereocenters. The van der Waals surface area contributed by atoms with Gasteiger partial charge in [0, 0.05) is 18.7 Å². The van der Waals surface area contributed by atoms with Crippen LogP contribution >= 0.6 is 0 Å². The number of fused-ring (bicyclic) bond motifs is 1. The number of H-pyrrole nitrogens is 2. The van der Waals surface area contributed by atoms with Gasteiger partial charge < -0.3 is 29.8 Å². The third kappa shape index (κ3) is 8.54. The van der Waals surface area contributed by atoms with Gasteiger partial charge in [0.2, 0.25) is 11.8 Å². The molecule has 12 nitrogen and oxygen atoms in total. The Labute approximate surface area is 357 Å². The molecule has 0 aliphatic carbocycles. The van der Waals surface area contributed by atoms with Gasteiger partial charge in [-0.05, 0) is 89.8 Å². The van der Waals surface area contributed by atoms with Gasteiger partial charge in [-0.25, -0.2) is 14.8 Å². The van der Waals surface area contributed by atoms with Crippen molar-refractivity contribution < 1.29 is 19.1 Å². The number of hydrogen-bond donors (Lipinski definition) is 3. The lowest BCUT2D eigenvalue weighted by Crippen LogP contribution is -2.51. The van der Waals surface area contributed by atoms with Gasteiger partial charge in [-0.1, -0.05) is 107 Å². The number of aromatic nitrogens is 4. The summed E-state index contributed by atoms with van der Waals surface area (Å²) in [5.41, 5.74) is 7.12. The highest BCUT2D eigenvalue weighted by atomic mass is 16.5. The van der Waals surface area contributed by atoms with Crippen LogP contribution in [0.3, 0.4) is 0 Å². The van der Waals surface area contributed by atoms with Gasteiger partial charge in [0.1, 0.15) is 23.7 Å². The van der Waals surface area contributed by atoms with Crippen molar-refractivity contribution in [2.45, 2.75) is 77.5 Å². The molecule has 61 heavy (non-hydrogen) atoms. The maximum absolute atomic E-state index is 14.3. The summed E-state index contributed by atoms with van der Waals surface area (Å²) in [4.78, 5) is 62.6. The smallest absolute Gasteiger partial charge is 0.407 e. The van der Waals surface area contributed by atoms with Gasteiger partial charge in [-0.15, -0.1) is 0 Å². The van der Waals surface area contributed by atoms with Crippen LogP contribution in [0.15, 0.2) is 103 Å². The van der Waals surface area contributed by atoms with Crippen LogP contribution in [0.25, 0.3) is 44.4 Å². The number of amides is 3. The van der Waals surface area contributed by atoms with Crippen molar-refractivity contribution in [3.05, 3.63) is 121 Å². The number of likely N-dealkylation sites (tertiary alicyclic amines) is 2. The number of likely N-dealkylation sites (N-methyl/N-ethyl adjacent to an activating group) is 1.